The van der Waals surface area contributed by atoms with Gasteiger partial charge in [-0.1, -0.05) is 42.5 Å². The zero-order valence-electron chi connectivity index (χ0n) is 15.6. The van der Waals surface area contributed by atoms with Crippen molar-refractivity contribution in [1.29, 1.82) is 0 Å². The molecule has 0 saturated heterocycles. The standard InChI is InChI=1S/C22H23N5O/c28-22(16-7-2-1-3-8-16)20-13-17-14-26(11-6-12-27(17)25-20)15-21-23-18-9-4-5-10-19(18)24-21/h1-5,7-10,13,22,28H,6,11-12,14-15H2,(H,23,24)/t22-/m1/s1. The molecule has 5 rings (SSSR count). The van der Waals surface area contributed by atoms with Gasteiger partial charge in [-0.15, -0.1) is 0 Å². The van der Waals surface area contributed by atoms with Gasteiger partial charge in [0, 0.05) is 19.6 Å². The molecule has 0 unspecified atom stereocenters. The lowest BCUT2D eigenvalue weighted by molar-refractivity contribution is 0.213. The average molecular weight is 373 g/mol. The normalized spacial score (nSPS) is 16.0. The van der Waals surface area contributed by atoms with Gasteiger partial charge in [-0.05, 0) is 30.2 Å². The van der Waals surface area contributed by atoms with Gasteiger partial charge in [0.25, 0.3) is 0 Å². The largest absolute Gasteiger partial charge is 0.382 e. The molecule has 0 radical (unpaired) electrons. The van der Waals surface area contributed by atoms with Crippen LogP contribution in [-0.4, -0.2) is 36.3 Å². The van der Waals surface area contributed by atoms with E-state index < -0.39 is 6.10 Å². The summed E-state index contributed by atoms with van der Waals surface area (Å²) in [5, 5.41) is 15.4. The smallest absolute Gasteiger partial charge is 0.123 e. The second-order valence-corrected chi connectivity index (χ2v) is 7.36. The molecule has 0 bridgehead atoms. The number of fused-ring (bicyclic) bond motifs is 2. The van der Waals surface area contributed by atoms with Gasteiger partial charge in [0.15, 0.2) is 0 Å². The van der Waals surface area contributed by atoms with Gasteiger partial charge in [-0.25, -0.2) is 4.98 Å². The van der Waals surface area contributed by atoms with Gasteiger partial charge in [-0.3, -0.25) is 9.58 Å². The number of imidazole rings is 1. The predicted octanol–water partition coefficient (Wildman–Crippen LogP) is 3.25. The third kappa shape index (κ3) is 3.32. The molecule has 0 aliphatic carbocycles. The highest BCUT2D eigenvalue weighted by Crippen LogP contribution is 2.24. The first-order valence-electron chi connectivity index (χ1n) is 9.72. The second-order valence-electron chi connectivity index (χ2n) is 7.36. The molecular formula is C22H23N5O. The molecule has 1 atom stereocenters. The minimum Gasteiger partial charge on any atom is -0.382 e. The third-order valence-electron chi connectivity index (χ3n) is 5.32. The van der Waals surface area contributed by atoms with Gasteiger partial charge < -0.3 is 10.1 Å². The maximum absolute atomic E-state index is 10.7. The fourth-order valence-electron chi connectivity index (χ4n) is 3.92. The van der Waals surface area contributed by atoms with Gasteiger partial charge >= 0.3 is 0 Å². The Kier molecular flexibility index (Phi) is 4.43. The van der Waals surface area contributed by atoms with E-state index >= 15 is 0 Å². The highest BCUT2D eigenvalue weighted by atomic mass is 16.3. The van der Waals surface area contributed by atoms with E-state index in [9.17, 15) is 5.11 Å². The van der Waals surface area contributed by atoms with E-state index in [4.69, 9.17) is 4.98 Å². The number of rotatable bonds is 4. The topological polar surface area (TPSA) is 70.0 Å². The molecule has 6 heteroatoms. The lowest BCUT2D eigenvalue weighted by Gasteiger charge is -2.17. The quantitative estimate of drug-likeness (QED) is 0.576. The van der Waals surface area contributed by atoms with Crippen molar-refractivity contribution in [3.8, 4) is 0 Å². The van der Waals surface area contributed by atoms with Crippen molar-refractivity contribution < 1.29 is 5.11 Å². The Morgan fingerprint density at radius 2 is 1.86 bits per heavy atom. The zero-order valence-corrected chi connectivity index (χ0v) is 15.6. The van der Waals surface area contributed by atoms with Crippen LogP contribution in [0.25, 0.3) is 11.0 Å². The van der Waals surface area contributed by atoms with Crippen molar-refractivity contribution in [2.45, 2.75) is 32.2 Å². The molecular weight excluding hydrogens is 350 g/mol. The number of benzene rings is 2. The molecule has 3 heterocycles. The van der Waals surface area contributed by atoms with Gasteiger partial charge in [0.2, 0.25) is 0 Å². The fraction of sp³-hybridized carbons (Fsp3) is 0.273. The van der Waals surface area contributed by atoms with Crippen LogP contribution in [0.1, 0.15) is 35.3 Å². The van der Waals surface area contributed by atoms with E-state index in [0.717, 1.165) is 60.7 Å². The number of H-pyrrole nitrogens is 1. The lowest BCUT2D eigenvalue weighted by atomic mass is 10.1. The second kappa shape index (κ2) is 7.22. The zero-order chi connectivity index (χ0) is 18.9. The van der Waals surface area contributed by atoms with Crippen LogP contribution in [-0.2, 0) is 19.6 Å². The van der Waals surface area contributed by atoms with Crippen LogP contribution in [0.15, 0.2) is 60.7 Å². The Morgan fingerprint density at radius 3 is 2.71 bits per heavy atom. The molecule has 2 N–H and O–H groups in total. The summed E-state index contributed by atoms with van der Waals surface area (Å²) in [5.41, 5.74) is 4.80. The van der Waals surface area contributed by atoms with Gasteiger partial charge in [0.1, 0.15) is 11.9 Å². The molecule has 0 amide bonds. The molecule has 0 spiro atoms. The Morgan fingerprint density at radius 1 is 1.04 bits per heavy atom. The first-order valence-corrected chi connectivity index (χ1v) is 9.72. The molecule has 2 aromatic heterocycles. The molecule has 142 valence electrons. The highest BCUT2D eigenvalue weighted by Gasteiger charge is 2.21. The predicted molar refractivity (Wildman–Crippen MR) is 108 cm³/mol. The van der Waals surface area contributed by atoms with E-state index in [1.807, 2.05) is 59.3 Å². The van der Waals surface area contributed by atoms with Gasteiger partial charge in [0.05, 0.1) is 29.0 Å². The van der Waals surface area contributed by atoms with E-state index in [2.05, 4.69) is 21.0 Å². The number of aryl methyl sites for hydroxylation is 1. The number of nitrogens with zero attached hydrogens (tertiary/aromatic N) is 4. The molecule has 0 saturated carbocycles. The van der Waals surface area contributed by atoms with Crippen molar-refractivity contribution in [2.24, 2.45) is 0 Å². The first-order chi connectivity index (χ1) is 13.8. The number of aromatic amines is 1. The highest BCUT2D eigenvalue weighted by molar-refractivity contribution is 5.74. The summed E-state index contributed by atoms with van der Waals surface area (Å²) >= 11 is 0. The van der Waals surface area contributed by atoms with Crippen molar-refractivity contribution >= 4 is 11.0 Å². The van der Waals surface area contributed by atoms with E-state index in [1.54, 1.807) is 0 Å². The molecule has 6 nitrogen and oxygen atoms in total. The van der Waals surface area contributed by atoms with Crippen molar-refractivity contribution in [1.82, 2.24) is 24.6 Å². The SMILES string of the molecule is O[C@H](c1ccccc1)c1cc2n(n1)CCCN(Cc1nc3ccccc3[nH]1)C2. The van der Waals surface area contributed by atoms with Gasteiger partial charge in [-0.2, -0.15) is 5.10 Å². The fourth-order valence-corrected chi connectivity index (χ4v) is 3.92. The maximum atomic E-state index is 10.7. The summed E-state index contributed by atoms with van der Waals surface area (Å²) in [6, 6.07) is 19.9. The summed E-state index contributed by atoms with van der Waals surface area (Å²) < 4.78 is 2.04. The Balaban J connectivity index is 1.35. The molecule has 28 heavy (non-hydrogen) atoms. The summed E-state index contributed by atoms with van der Waals surface area (Å²) in [5.74, 6) is 0.985. The number of hydrogen-bond donors (Lipinski definition) is 2. The number of para-hydroxylation sites is 2. The molecule has 1 aliphatic rings. The van der Waals surface area contributed by atoms with Crippen LogP contribution in [0.3, 0.4) is 0 Å². The van der Waals surface area contributed by atoms with Crippen LogP contribution in [0.5, 0.6) is 0 Å². The number of nitrogens with one attached hydrogen (secondary N) is 1. The van der Waals surface area contributed by atoms with Crippen LogP contribution < -0.4 is 0 Å². The molecule has 1 aliphatic heterocycles. The number of aliphatic hydroxyl groups excluding tert-OH is 1. The number of hydrogen-bond acceptors (Lipinski definition) is 4. The summed E-state index contributed by atoms with van der Waals surface area (Å²) in [7, 11) is 0. The minimum absolute atomic E-state index is 0.690. The Bertz CT molecular complexity index is 1050. The Hall–Kier alpha value is -2.96. The van der Waals surface area contributed by atoms with Crippen molar-refractivity contribution in [2.75, 3.05) is 6.54 Å². The molecule has 2 aromatic carbocycles. The summed E-state index contributed by atoms with van der Waals surface area (Å²) in [6.45, 7) is 3.44. The van der Waals surface area contributed by atoms with Crippen LogP contribution in [0, 0.1) is 0 Å². The lowest BCUT2D eigenvalue weighted by Crippen LogP contribution is -2.23. The number of aliphatic hydroxyl groups is 1. The summed E-state index contributed by atoms with van der Waals surface area (Å²) in [6.07, 6.45) is 0.333. The minimum atomic E-state index is -0.690. The first kappa shape index (κ1) is 17.2. The van der Waals surface area contributed by atoms with E-state index in [-0.39, 0.29) is 0 Å². The average Bonchev–Trinajstić information content (AvgIpc) is 3.26. The van der Waals surface area contributed by atoms with Crippen LogP contribution in [0.4, 0.5) is 0 Å². The van der Waals surface area contributed by atoms with E-state index in [0.29, 0.717) is 5.69 Å². The van der Waals surface area contributed by atoms with Crippen molar-refractivity contribution in [3.63, 3.8) is 0 Å². The van der Waals surface area contributed by atoms with Crippen LogP contribution in [0.2, 0.25) is 0 Å². The molecule has 4 aromatic rings. The van der Waals surface area contributed by atoms with Crippen molar-refractivity contribution in [3.05, 3.63) is 83.4 Å². The monoisotopic (exact) mass is 373 g/mol. The van der Waals surface area contributed by atoms with E-state index in [1.165, 1.54) is 0 Å². The Labute approximate surface area is 163 Å². The van der Waals surface area contributed by atoms with Crippen LogP contribution >= 0.6 is 0 Å². The number of aromatic nitrogens is 4. The third-order valence-corrected chi connectivity index (χ3v) is 5.32. The summed E-state index contributed by atoms with van der Waals surface area (Å²) in [4.78, 5) is 10.5. The maximum Gasteiger partial charge on any atom is 0.123 e. The molecule has 0 fully saturated rings.